The number of aromatic nitrogens is 10. The summed E-state index contributed by atoms with van der Waals surface area (Å²) in [6, 6.07) is 48.6. The fourth-order valence-corrected chi connectivity index (χ4v) is 15.1. The predicted molar refractivity (Wildman–Crippen MR) is 505 cm³/mol. The van der Waals surface area contributed by atoms with Crippen LogP contribution in [0, 0.1) is 27.8 Å². The van der Waals surface area contributed by atoms with E-state index in [2.05, 4.69) is 168 Å². The second-order valence-electron chi connectivity index (χ2n) is 30.2. The van der Waals surface area contributed by atoms with E-state index in [9.17, 15) is 53.9 Å². The van der Waals surface area contributed by atoms with Gasteiger partial charge in [-0.15, -0.1) is 42.1 Å². The van der Waals surface area contributed by atoms with Crippen LogP contribution in [-0.2, 0) is 117 Å². The van der Waals surface area contributed by atoms with Gasteiger partial charge < -0.3 is 54.1 Å². The molecule has 41 heteroatoms. The number of halogens is 11. The molecule has 0 aliphatic carbocycles. The topological polar surface area (TPSA) is 281 Å². The molecule has 24 nitrogen and oxygen atoms in total. The van der Waals surface area contributed by atoms with Gasteiger partial charge in [0.2, 0.25) is 29.4 Å². The molecule has 0 fully saturated rings. The molecule has 0 bridgehead atoms. The molecule has 0 saturated heterocycles. The summed E-state index contributed by atoms with van der Waals surface area (Å²) in [6.07, 6.45) is 2.79. The zero-order chi connectivity index (χ0) is 95.0. The van der Waals surface area contributed by atoms with Crippen molar-refractivity contribution < 1.29 is 113 Å². The Morgan fingerprint density at radius 3 is 0.993 bits per heavy atom. The monoisotopic (exact) mass is 2070 g/mol. The summed E-state index contributed by atoms with van der Waals surface area (Å²) in [6.45, 7) is 5.31. The molecule has 134 heavy (non-hydrogen) atoms. The van der Waals surface area contributed by atoms with Gasteiger partial charge in [-0.3, -0.25) is 14.4 Å². The SMILES string of the molecule is CI.O=C(N1CCc2ccc(I)cc2CC1)C(F)(F)F.[B]COc1ccc(C#C)nn1.[B]COc1ccc(C#Cc2ccc3c(c2)CCN(C(=O)C(F)(F)F)CC3)nn1.[B]COc1ccc(CCc2ccc3c(c2)CCN(C(=O)C(F)(F)F)CC3)nn1.[B]COc1ccc(CCc2ccc3c(c2)CCN(C)CC3)nn1.[B]COc1ccc(CCc2ccc3c(c2)CCNCC3)nn1.[Na+].[OH-]. The summed E-state index contributed by atoms with van der Waals surface area (Å²) in [4.78, 5) is 41.2. The molecular weight excluding hydrogens is 1970 g/mol. The number of amides is 3. The van der Waals surface area contributed by atoms with Gasteiger partial charge in [0.1, 0.15) is 50.6 Å². The molecule has 0 unspecified atom stereocenters. The zero-order valence-corrected chi connectivity index (χ0v) is 80.8. The summed E-state index contributed by atoms with van der Waals surface area (Å²) < 4.78 is 139. The quantitative estimate of drug-likeness (QED) is 0.0264. The molecular formula is C93H96B5F9I2N15NaO9. The van der Waals surface area contributed by atoms with Crippen molar-refractivity contribution in [2.24, 2.45) is 0 Å². The summed E-state index contributed by atoms with van der Waals surface area (Å²) in [7, 11) is 28.5. The van der Waals surface area contributed by atoms with Crippen molar-refractivity contribution in [3.05, 3.63) is 262 Å². The van der Waals surface area contributed by atoms with E-state index < -0.39 is 36.3 Å². The van der Waals surface area contributed by atoms with Crippen LogP contribution in [0.2, 0.25) is 0 Å². The molecule has 15 rings (SSSR count). The van der Waals surface area contributed by atoms with Gasteiger partial charge in [-0.05, 0) is 289 Å². The van der Waals surface area contributed by atoms with E-state index in [1.54, 1.807) is 36.4 Å². The molecule has 0 saturated carbocycles. The Morgan fingerprint density at radius 1 is 0.366 bits per heavy atom. The number of alkyl halides is 10. The maximum absolute atomic E-state index is 12.7. The van der Waals surface area contributed by atoms with Crippen molar-refractivity contribution in [3.8, 4) is 53.6 Å². The standard InChI is InChI=1S/C19H19BF3N3O2.C19H15BF3N3O2.C18H22BN3O.C17H20BN3O.C12H11F3INO.C7H5BN2O.CH3I.Na.H2O/c2*20-12-28-17-6-5-16(24-25-17)4-2-13-1-3-14-7-9-26(10-8-15(14)11-13)18(27)19(21,22)23;1-22-10-8-15-4-2-14(12-16(15)9-11-22)3-5-17-6-7-18(21-20-17)23-13-19;18-12-22-17-6-5-16(20-21-17)4-2-13-1-3-14-7-9-19-10-8-15(14)11-13;13-12(14,15)11(18)17-5-3-8-1-2-10(16)7-9(8)4-6-17;1-2-6-3-4-7(10-9-6)11-5-8;1-2;;/h1,3,5-6,11H,2,4,7-10,12H2;1,3,5-6,11H,7-10,12H2;2,4,6-7,12H,3,5,8-11,13H2,1H3;1,3,5-6,11,19H,2,4,7-10,12H2;1-2,7H,3-6H2;1,3-4H,5H2;1H3;;1H2/q;;;;;;;+1;/p-1. The third kappa shape index (κ3) is 36.9. The minimum atomic E-state index is -4.85. The van der Waals surface area contributed by atoms with E-state index in [0.29, 0.717) is 91.3 Å². The smallest absolute Gasteiger partial charge is 0.870 e. The van der Waals surface area contributed by atoms with Crippen LogP contribution in [-0.4, -0.2) is 262 Å². The number of carbonyl (C=O) groups excluding carboxylic acids is 3. The van der Waals surface area contributed by atoms with Crippen LogP contribution in [0.15, 0.2) is 152 Å². The van der Waals surface area contributed by atoms with Crippen LogP contribution in [0.3, 0.4) is 0 Å². The van der Waals surface area contributed by atoms with E-state index in [0.717, 1.165) is 158 Å². The van der Waals surface area contributed by atoms with Crippen molar-refractivity contribution in [1.29, 1.82) is 0 Å². The Morgan fingerprint density at radius 2 is 0.657 bits per heavy atom. The van der Waals surface area contributed by atoms with Gasteiger partial charge in [0, 0.05) is 124 Å². The molecule has 5 aliphatic heterocycles. The minimum absolute atomic E-state index is 0. The van der Waals surface area contributed by atoms with Crippen molar-refractivity contribution >= 4 is 102 Å². The molecule has 5 aromatic heterocycles. The molecule has 10 heterocycles. The number of fused-ring (bicyclic) bond motifs is 5. The van der Waals surface area contributed by atoms with Gasteiger partial charge in [-0.25, -0.2) is 0 Å². The number of hydrogen-bond acceptors (Lipinski definition) is 21. The van der Waals surface area contributed by atoms with Crippen LogP contribution in [0.25, 0.3) is 0 Å². The van der Waals surface area contributed by atoms with E-state index in [1.165, 1.54) is 33.4 Å². The predicted octanol–water partition coefficient (Wildman–Crippen LogP) is 8.00. The number of terminal acetylenes is 1. The van der Waals surface area contributed by atoms with Crippen molar-refractivity contribution in [2.45, 2.75) is 121 Å². The van der Waals surface area contributed by atoms with Crippen LogP contribution in [0.5, 0.6) is 29.4 Å². The number of carbonyl (C=O) groups is 3. The molecule has 690 valence electrons. The van der Waals surface area contributed by atoms with Crippen LogP contribution in [0.4, 0.5) is 39.5 Å². The normalized spacial score (nSPS) is 13.7. The Hall–Kier alpha value is -9.94. The first kappa shape index (κ1) is 111. The van der Waals surface area contributed by atoms with Gasteiger partial charge >= 0.3 is 65.8 Å². The second kappa shape index (κ2) is 57.2. The molecule has 0 spiro atoms. The first-order chi connectivity index (χ1) is 63.6. The summed E-state index contributed by atoms with van der Waals surface area (Å²) in [5.74, 6) is 4.89. The number of ether oxygens (including phenoxy) is 5. The Labute approximate surface area is 830 Å². The third-order valence-electron chi connectivity index (χ3n) is 21.4. The number of nitrogens with one attached hydrogen (secondary N) is 1. The number of nitrogens with zero attached hydrogens (tertiary/aromatic N) is 14. The number of likely N-dealkylation sites (N-methyl/N-ethyl adjacent to an activating group) is 1. The first-order valence-electron chi connectivity index (χ1n) is 42.4. The molecule has 5 aromatic carbocycles. The van der Waals surface area contributed by atoms with Crippen molar-refractivity contribution in [1.82, 2.24) is 75.9 Å². The van der Waals surface area contributed by atoms with Gasteiger partial charge in [-0.2, -0.15) is 54.8 Å². The Balaban J connectivity index is 0.000000222. The molecule has 2 N–H and O–H groups in total. The van der Waals surface area contributed by atoms with Crippen molar-refractivity contribution in [2.75, 3.05) is 110 Å². The zero-order valence-electron chi connectivity index (χ0n) is 74.4. The maximum Gasteiger partial charge on any atom is 1.00 e. The maximum atomic E-state index is 12.7. The largest absolute Gasteiger partial charge is 1.00 e. The third-order valence-corrected chi connectivity index (χ3v) is 22.0. The van der Waals surface area contributed by atoms with E-state index in [1.807, 2.05) is 83.8 Å². The number of aryl methyl sites for hydroxylation is 6. The minimum Gasteiger partial charge on any atom is -0.870 e. The van der Waals surface area contributed by atoms with Gasteiger partial charge in [0.15, 0.2) is 0 Å². The van der Waals surface area contributed by atoms with Gasteiger partial charge in [0.25, 0.3) is 0 Å². The Kier molecular flexibility index (Phi) is 47.4. The van der Waals surface area contributed by atoms with Gasteiger partial charge in [0.05, 0.1) is 17.1 Å². The summed E-state index contributed by atoms with van der Waals surface area (Å²) in [5.41, 5.74) is 20.0. The average molecular weight is 2070 g/mol. The fraction of sp³-hybridized carbons (Fsp3) is 0.387. The number of hydrogen-bond donors (Lipinski definition) is 1. The Bertz CT molecular complexity index is 5460. The molecule has 0 atom stereocenters. The average Bonchev–Trinajstić information content (AvgIpc) is 1.82. The first-order valence-corrected chi connectivity index (χ1v) is 45.7. The van der Waals surface area contributed by atoms with E-state index >= 15 is 0 Å². The molecule has 3 amide bonds. The van der Waals surface area contributed by atoms with Crippen LogP contribution < -0.4 is 58.6 Å². The van der Waals surface area contributed by atoms with E-state index in [4.69, 9.17) is 69.3 Å². The van der Waals surface area contributed by atoms with Crippen LogP contribution >= 0.6 is 45.2 Å². The molecule has 10 aromatic rings. The van der Waals surface area contributed by atoms with Crippen LogP contribution in [0.1, 0.15) is 106 Å². The fourth-order valence-electron chi connectivity index (χ4n) is 14.5. The molecule has 10 radical (unpaired) electrons. The molecule has 5 aliphatic rings. The van der Waals surface area contributed by atoms with E-state index in [-0.39, 0.29) is 107 Å². The summed E-state index contributed by atoms with van der Waals surface area (Å²) >= 11 is 4.32. The van der Waals surface area contributed by atoms with Crippen molar-refractivity contribution in [3.63, 3.8) is 0 Å². The summed E-state index contributed by atoms with van der Waals surface area (Å²) in [5, 5.41) is 42.9. The number of benzene rings is 5. The number of rotatable bonds is 19. The van der Waals surface area contributed by atoms with Gasteiger partial charge in [-0.1, -0.05) is 95.2 Å². The second-order valence-corrected chi connectivity index (χ2v) is 31.4.